The lowest BCUT2D eigenvalue weighted by Crippen LogP contribution is -2.49. The van der Waals surface area contributed by atoms with E-state index >= 15 is 0 Å². The standard InChI is InChI=1S/C31H38N4O3/c1-23(25-12-7-4-8-13-25)32-22-29(36)28(20-24-10-5-3-6-11-24)33-30(37)26-14-9-15-27(21-26)31(38)35-18-16-34(2)17-19-35/h3-15,21,23,28-29,32,36H,16-20,22H2,1-2H3,(H,33,37)/t23-,28+,29-/m1/s1. The van der Waals surface area contributed by atoms with Crippen LogP contribution in [-0.2, 0) is 6.42 Å². The monoisotopic (exact) mass is 514 g/mol. The van der Waals surface area contributed by atoms with E-state index in [0.29, 0.717) is 37.2 Å². The van der Waals surface area contributed by atoms with Crippen LogP contribution >= 0.6 is 0 Å². The van der Waals surface area contributed by atoms with E-state index in [1.807, 2.05) is 72.6 Å². The summed E-state index contributed by atoms with van der Waals surface area (Å²) >= 11 is 0. The number of hydrogen-bond acceptors (Lipinski definition) is 5. The number of amides is 2. The van der Waals surface area contributed by atoms with Crippen LogP contribution in [0.2, 0.25) is 0 Å². The zero-order valence-corrected chi connectivity index (χ0v) is 22.2. The number of nitrogens with one attached hydrogen (secondary N) is 2. The van der Waals surface area contributed by atoms with Gasteiger partial charge in [0, 0.05) is 49.9 Å². The molecule has 7 heteroatoms. The summed E-state index contributed by atoms with van der Waals surface area (Å²) in [6.45, 7) is 5.38. The highest BCUT2D eigenvalue weighted by Crippen LogP contribution is 2.14. The summed E-state index contributed by atoms with van der Waals surface area (Å²) in [7, 11) is 2.05. The Kier molecular flexibility index (Phi) is 9.65. The molecular weight excluding hydrogens is 476 g/mol. The van der Waals surface area contributed by atoms with Crippen molar-refractivity contribution in [1.82, 2.24) is 20.4 Å². The highest BCUT2D eigenvalue weighted by molar-refractivity contribution is 5.99. The zero-order chi connectivity index (χ0) is 26.9. The smallest absolute Gasteiger partial charge is 0.253 e. The zero-order valence-electron chi connectivity index (χ0n) is 22.2. The van der Waals surface area contributed by atoms with Crippen LogP contribution in [0.4, 0.5) is 0 Å². The molecule has 38 heavy (non-hydrogen) atoms. The minimum Gasteiger partial charge on any atom is -0.390 e. The van der Waals surface area contributed by atoms with Gasteiger partial charge in [0.25, 0.3) is 11.8 Å². The number of carbonyl (C=O) groups is 2. The number of nitrogens with zero attached hydrogens (tertiary/aromatic N) is 2. The first kappa shape index (κ1) is 27.5. The molecule has 1 aliphatic rings. The van der Waals surface area contributed by atoms with E-state index in [0.717, 1.165) is 24.2 Å². The average Bonchev–Trinajstić information content (AvgIpc) is 2.96. The van der Waals surface area contributed by atoms with Crippen molar-refractivity contribution < 1.29 is 14.7 Å². The molecular formula is C31H38N4O3. The van der Waals surface area contributed by atoms with Crippen molar-refractivity contribution >= 4 is 11.8 Å². The predicted molar refractivity (Wildman–Crippen MR) is 150 cm³/mol. The second-order valence-electron chi connectivity index (χ2n) is 10.1. The lowest BCUT2D eigenvalue weighted by atomic mass is 9.99. The van der Waals surface area contributed by atoms with Gasteiger partial charge in [-0.1, -0.05) is 66.7 Å². The number of piperazine rings is 1. The van der Waals surface area contributed by atoms with Crippen molar-refractivity contribution in [3.8, 4) is 0 Å². The largest absolute Gasteiger partial charge is 0.390 e. The van der Waals surface area contributed by atoms with Gasteiger partial charge >= 0.3 is 0 Å². The Hall–Kier alpha value is -3.52. The summed E-state index contributed by atoms with van der Waals surface area (Å²) in [6.07, 6.45) is -0.338. The fourth-order valence-electron chi connectivity index (χ4n) is 4.69. The number of benzene rings is 3. The first-order valence-electron chi connectivity index (χ1n) is 13.3. The minimum atomic E-state index is -0.819. The fraction of sp³-hybridized carbons (Fsp3) is 0.355. The van der Waals surface area contributed by atoms with Gasteiger partial charge in [0.1, 0.15) is 0 Å². The van der Waals surface area contributed by atoms with E-state index in [1.54, 1.807) is 24.3 Å². The maximum atomic E-state index is 13.3. The van der Waals surface area contributed by atoms with Crippen molar-refractivity contribution in [1.29, 1.82) is 0 Å². The summed E-state index contributed by atoms with van der Waals surface area (Å²) in [5, 5.41) is 17.6. The normalized spacial score (nSPS) is 16.4. The van der Waals surface area contributed by atoms with Crippen LogP contribution in [0.1, 0.15) is 44.8 Å². The van der Waals surface area contributed by atoms with Gasteiger partial charge in [-0.15, -0.1) is 0 Å². The molecule has 0 bridgehead atoms. The number of aliphatic hydroxyl groups is 1. The second-order valence-corrected chi connectivity index (χ2v) is 10.1. The van der Waals surface area contributed by atoms with Crippen LogP contribution in [0.25, 0.3) is 0 Å². The van der Waals surface area contributed by atoms with Crippen LogP contribution in [-0.4, -0.2) is 78.6 Å². The van der Waals surface area contributed by atoms with Crippen LogP contribution in [0.3, 0.4) is 0 Å². The Balaban J connectivity index is 1.44. The van der Waals surface area contributed by atoms with Gasteiger partial charge < -0.3 is 25.5 Å². The number of rotatable bonds is 10. The third kappa shape index (κ3) is 7.51. The number of carbonyl (C=O) groups excluding carboxylic acids is 2. The average molecular weight is 515 g/mol. The van der Waals surface area contributed by atoms with Gasteiger partial charge in [-0.25, -0.2) is 0 Å². The Morgan fingerprint density at radius 1 is 0.868 bits per heavy atom. The summed E-state index contributed by atoms with van der Waals surface area (Å²) < 4.78 is 0. The Labute approximate surface area is 225 Å². The van der Waals surface area contributed by atoms with Crippen LogP contribution in [0.15, 0.2) is 84.9 Å². The lowest BCUT2D eigenvalue weighted by molar-refractivity contribution is 0.0664. The SMILES string of the molecule is C[C@@H](NC[C@@H](O)[C@H](Cc1ccccc1)NC(=O)c1cccc(C(=O)N2CCN(C)CC2)c1)c1ccccc1. The first-order chi connectivity index (χ1) is 18.4. The molecule has 2 amide bonds. The molecule has 0 aliphatic carbocycles. The molecule has 0 unspecified atom stereocenters. The molecule has 7 nitrogen and oxygen atoms in total. The molecule has 1 heterocycles. The molecule has 3 aromatic rings. The fourth-order valence-corrected chi connectivity index (χ4v) is 4.69. The molecule has 0 aromatic heterocycles. The first-order valence-corrected chi connectivity index (χ1v) is 13.3. The highest BCUT2D eigenvalue weighted by Gasteiger charge is 2.25. The van der Waals surface area contributed by atoms with Crippen molar-refractivity contribution in [2.75, 3.05) is 39.8 Å². The topological polar surface area (TPSA) is 84.9 Å². The van der Waals surface area contributed by atoms with E-state index in [-0.39, 0.29) is 17.9 Å². The van der Waals surface area contributed by atoms with E-state index in [2.05, 4.69) is 22.5 Å². The van der Waals surface area contributed by atoms with Crippen molar-refractivity contribution in [2.45, 2.75) is 31.5 Å². The van der Waals surface area contributed by atoms with Gasteiger partial charge in [-0.3, -0.25) is 9.59 Å². The predicted octanol–water partition coefficient (Wildman–Crippen LogP) is 3.13. The summed E-state index contributed by atoms with van der Waals surface area (Å²) in [5.41, 5.74) is 3.05. The van der Waals surface area contributed by atoms with E-state index in [4.69, 9.17) is 0 Å². The molecule has 3 atom stereocenters. The van der Waals surface area contributed by atoms with Gasteiger partial charge in [0.15, 0.2) is 0 Å². The highest BCUT2D eigenvalue weighted by atomic mass is 16.3. The molecule has 1 saturated heterocycles. The summed E-state index contributed by atoms with van der Waals surface area (Å²) in [6, 6.07) is 26.2. The minimum absolute atomic E-state index is 0.0520. The van der Waals surface area contributed by atoms with Gasteiger partial charge in [-0.2, -0.15) is 0 Å². The number of hydrogen-bond donors (Lipinski definition) is 3. The number of likely N-dealkylation sites (N-methyl/N-ethyl adjacent to an activating group) is 1. The van der Waals surface area contributed by atoms with E-state index < -0.39 is 12.1 Å². The lowest BCUT2D eigenvalue weighted by Gasteiger charge is -2.32. The van der Waals surface area contributed by atoms with E-state index in [1.165, 1.54) is 0 Å². The Morgan fingerprint density at radius 2 is 1.50 bits per heavy atom. The van der Waals surface area contributed by atoms with Crippen LogP contribution in [0.5, 0.6) is 0 Å². The van der Waals surface area contributed by atoms with Crippen LogP contribution < -0.4 is 10.6 Å². The Bertz CT molecular complexity index is 1180. The molecule has 4 rings (SSSR count). The maximum Gasteiger partial charge on any atom is 0.253 e. The molecule has 3 aromatic carbocycles. The van der Waals surface area contributed by atoms with Crippen molar-refractivity contribution in [2.24, 2.45) is 0 Å². The molecule has 0 radical (unpaired) electrons. The van der Waals surface area contributed by atoms with E-state index in [9.17, 15) is 14.7 Å². The van der Waals surface area contributed by atoms with Gasteiger partial charge in [-0.05, 0) is 49.7 Å². The molecule has 0 saturated carbocycles. The van der Waals surface area contributed by atoms with Crippen molar-refractivity contribution in [3.05, 3.63) is 107 Å². The second kappa shape index (κ2) is 13.3. The third-order valence-electron chi connectivity index (χ3n) is 7.17. The van der Waals surface area contributed by atoms with Gasteiger partial charge in [0.05, 0.1) is 12.1 Å². The molecule has 1 aliphatic heterocycles. The number of aliphatic hydroxyl groups excluding tert-OH is 1. The van der Waals surface area contributed by atoms with Crippen molar-refractivity contribution in [3.63, 3.8) is 0 Å². The summed E-state index contributed by atoms with van der Waals surface area (Å²) in [4.78, 5) is 30.4. The summed E-state index contributed by atoms with van der Waals surface area (Å²) in [5.74, 6) is -0.373. The molecule has 0 spiro atoms. The van der Waals surface area contributed by atoms with Crippen LogP contribution in [0, 0.1) is 0 Å². The van der Waals surface area contributed by atoms with Gasteiger partial charge in [0.2, 0.25) is 0 Å². The quantitative estimate of drug-likeness (QED) is 0.387. The molecule has 200 valence electrons. The maximum absolute atomic E-state index is 13.3. The third-order valence-corrected chi connectivity index (χ3v) is 7.17. The molecule has 1 fully saturated rings. The Morgan fingerprint density at radius 3 is 2.18 bits per heavy atom. The molecule has 3 N–H and O–H groups in total.